The maximum absolute atomic E-state index is 10.8. The molecular weight excluding hydrogens is 577 g/mol. The topological polar surface area (TPSA) is 166 Å². The van der Waals surface area contributed by atoms with Crippen LogP contribution < -0.4 is 5.73 Å². The number of nitrogen functional groups attached to an aromatic ring is 1. The molecule has 0 amide bonds. The van der Waals surface area contributed by atoms with Crippen LogP contribution in [-0.2, 0) is 21.3 Å². The molecule has 2 aromatic carbocycles. The number of hydrogen-bond donors (Lipinski definition) is 3. The number of thiazole rings is 1. The van der Waals surface area contributed by atoms with Crippen LogP contribution in [0, 0.1) is 22.7 Å². The Bertz CT molecular complexity index is 1610. The molecule has 4 aromatic rings. The molecule has 2 aromatic heterocycles. The number of pyridine rings is 1. The van der Waals surface area contributed by atoms with Crippen LogP contribution in [0.4, 0.5) is 5.82 Å². The van der Waals surface area contributed by atoms with Crippen molar-refractivity contribution in [1.29, 1.82) is 10.5 Å². The summed E-state index contributed by atoms with van der Waals surface area (Å²) in [7, 11) is -4.49. The van der Waals surface area contributed by atoms with E-state index in [0.717, 1.165) is 21.8 Å². The maximum atomic E-state index is 10.8. The number of nitrogens with two attached hydrogens (primary N) is 1. The Morgan fingerprint density at radius 3 is 2.33 bits per heavy atom. The number of aromatic nitrogens is 2. The van der Waals surface area contributed by atoms with E-state index in [0.29, 0.717) is 39.8 Å². The third kappa shape index (κ3) is 7.45. The van der Waals surface area contributed by atoms with Gasteiger partial charge < -0.3 is 15.5 Å². The molecule has 4 rings (SSSR count). The second-order valence-corrected chi connectivity index (χ2v) is 11.7. The standard InChI is InChI=1S/C26H21ClN5O4PS2/c27-19-9-7-18(8-10-19)25-31-20(14-38-25)15-39-26-22(13-29)23(21(12-28)24(30)32-26)17-5-3-16(4-6-17)2-1-11-36-37(33,34)35/h3-10,14H,1-2,11,15H2,(H2,30,32)(H2,33,34,35). The second kappa shape index (κ2) is 12.7. The number of nitriles is 2. The maximum Gasteiger partial charge on any atom is 0.469 e. The van der Waals surface area contributed by atoms with Gasteiger partial charge in [0.2, 0.25) is 0 Å². The normalized spacial score (nSPS) is 11.2. The van der Waals surface area contributed by atoms with Gasteiger partial charge in [-0.05, 0) is 36.1 Å². The molecule has 198 valence electrons. The molecule has 0 aliphatic carbocycles. The van der Waals surface area contributed by atoms with Gasteiger partial charge in [-0.25, -0.2) is 14.5 Å². The summed E-state index contributed by atoms with van der Waals surface area (Å²) in [6.07, 6.45) is 0.943. The van der Waals surface area contributed by atoms with Crippen LogP contribution in [0.25, 0.3) is 21.7 Å². The van der Waals surface area contributed by atoms with Gasteiger partial charge in [-0.3, -0.25) is 4.52 Å². The third-order valence-electron chi connectivity index (χ3n) is 5.53. The van der Waals surface area contributed by atoms with Crippen molar-refractivity contribution in [3.8, 4) is 33.8 Å². The molecule has 0 unspecified atom stereocenters. The number of halogens is 1. The molecule has 13 heteroatoms. The first-order valence-corrected chi connectivity index (χ1v) is 15.2. The van der Waals surface area contributed by atoms with Crippen LogP contribution in [0.3, 0.4) is 0 Å². The van der Waals surface area contributed by atoms with Gasteiger partial charge in [0.15, 0.2) is 0 Å². The lowest BCUT2D eigenvalue weighted by Gasteiger charge is -2.13. The Balaban J connectivity index is 1.55. The van der Waals surface area contributed by atoms with Gasteiger partial charge in [-0.2, -0.15) is 10.5 Å². The number of benzene rings is 2. The van der Waals surface area contributed by atoms with E-state index in [2.05, 4.69) is 26.6 Å². The predicted octanol–water partition coefficient (Wildman–Crippen LogP) is 6.19. The van der Waals surface area contributed by atoms with E-state index in [1.54, 1.807) is 12.1 Å². The first-order chi connectivity index (χ1) is 18.7. The number of anilines is 1. The van der Waals surface area contributed by atoms with Crippen molar-refractivity contribution in [2.75, 3.05) is 12.3 Å². The molecular formula is C26H21ClN5O4PS2. The summed E-state index contributed by atoms with van der Waals surface area (Å²) < 4.78 is 15.3. The van der Waals surface area contributed by atoms with Crippen LogP contribution in [0.1, 0.15) is 28.8 Å². The number of phosphoric ester groups is 1. The molecule has 0 fully saturated rings. The first kappa shape index (κ1) is 28.8. The molecule has 39 heavy (non-hydrogen) atoms. The van der Waals surface area contributed by atoms with Crippen molar-refractivity contribution in [3.05, 3.63) is 81.3 Å². The average molecular weight is 598 g/mol. The molecule has 0 radical (unpaired) electrons. The lowest BCUT2D eigenvalue weighted by Crippen LogP contribution is -2.03. The molecule has 0 aliphatic heterocycles. The van der Waals surface area contributed by atoms with Gasteiger partial charge in [0.25, 0.3) is 0 Å². The van der Waals surface area contributed by atoms with E-state index in [-0.39, 0.29) is 23.6 Å². The van der Waals surface area contributed by atoms with Crippen molar-refractivity contribution in [2.24, 2.45) is 0 Å². The summed E-state index contributed by atoms with van der Waals surface area (Å²) in [6, 6.07) is 18.9. The summed E-state index contributed by atoms with van der Waals surface area (Å²) in [4.78, 5) is 26.6. The average Bonchev–Trinajstić information content (AvgIpc) is 3.39. The van der Waals surface area contributed by atoms with E-state index in [4.69, 9.17) is 27.1 Å². The van der Waals surface area contributed by atoms with Gasteiger partial charge in [0.05, 0.1) is 17.9 Å². The SMILES string of the molecule is N#Cc1c(N)nc(SCc2csc(-c3ccc(Cl)cc3)n2)c(C#N)c1-c1ccc(CCCOP(=O)(O)O)cc1. The molecule has 0 saturated carbocycles. The Morgan fingerprint density at radius 1 is 1.03 bits per heavy atom. The van der Waals surface area contributed by atoms with E-state index >= 15 is 0 Å². The fraction of sp³-hybridized carbons (Fsp3) is 0.154. The van der Waals surface area contributed by atoms with Gasteiger partial charge in [0, 0.05) is 27.3 Å². The second-order valence-electron chi connectivity index (χ2n) is 8.21. The van der Waals surface area contributed by atoms with E-state index < -0.39 is 7.82 Å². The molecule has 0 bridgehead atoms. The Kier molecular flexibility index (Phi) is 9.39. The van der Waals surface area contributed by atoms with Crippen molar-refractivity contribution >= 4 is 48.3 Å². The summed E-state index contributed by atoms with van der Waals surface area (Å²) in [5, 5.41) is 23.7. The Labute approximate surface area is 238 Å². The van der Waals surface area contributed by atoms with Gasteiger partial charge in [-0.15, -0.1) is 11.3 Å². The van der Waals surface area contributed by atoms with Crippen molar-refractivity contribution in [1.82, 2.24) is 9.97 Å². The number of aryl methyl sites for hydroxylation is 1. The van der Waals surface area contributed by atoms with Crippen molar-refractivity contribution < 1.29 is 18.9 Å². The van der Waals surface area contributed by atoms with Gasteiger partial charge in [0.1, 0.15) is 33.6 Å². The highest BCUT2D eigenvalue weighted by Crippen LogP contribution is 2.38. The highest BCUT2D eigenvalue weighted by atomic mass is 35.5. The highest BCUT2D eigenvalue weighted by Gasteiger charge is 2.21. The number of rotatable bonds is 10. The number of phosphoric acid groups is 1. The minimum absolute atomic E-state index is 0.0350. The predicted molar refractivity (Wildman–Crippen MR) is 152 cm³/mol. The molecule has 2 heterocycles. The Hall–Kier alpha value is -3.25. The smallest absolute Gasteiger partial charge is 0.383 e. The minimum atomic E-state index is -4.49. The van der Waals surface area contributed by atoms with Crippen LogP contribution in [-0.4, -0.2) is 26.4 Å². The van der Waals surface area contributed by atoms with E-state index in [1.807, 2.05) is 41.8 Å². The monoisotopic (exact) mass is 597 g/mol. The fourth-order valence-electron chi connectivity index (χ4n) is 3.73. The lowest BCUT2D eigenvalue weighted by atomic mass is 9.95. The highest BCUT2D eigenvalue weighted by molar-refractivity contribution is 7.98. The van der Waals surface area contributed by atoms with E-state index in [9.17, 15) is 15.1 Å². The van der Waals surface area contributed by atoms with Gasteiger partial charge in [-0.1, -0.05) is 59.8 Å². The van der Waals surface area contributed by atoms with Crippen LogP contribution in [0.15, 0.2) is 58.9 Å². The molecule has 4 N–H and O–H groups in total. The lowest BCUT2D eigenvalue weighted by molar-refractivity contribution is 0.195. The quantitative estimate of drug-likeness (QED) is 0.109. The van der Waals surface area contributed by atoms with Crippen LogP contribution in [0.5, 0.6) is 0 Å². The fourth-order valence-corrected chi connectivity index (χ4v) is 6.04. The van der Waals surface area contributed by atoms with E-state index in [1.165, 1.54) is 23.1 Å². The number of nitrogens with zero attached hydrogens (tertiary/aromatic N) is 4. The van der Waals surface area contributed by atoms with Crippen LogP contribution in [0.2, 0.25) is 5.02 Å². The first-order valence-electron chi connectivity index (χ1n) is 11.4. The minimum Gasteiger partial charge on any atom is -0.383 e. The summed E-state index contributed by atoms with van der Waals surface area (Å²) in [6.45, 7) is -0.0785. The third-order valence-corrected chi connectivity index (χ3v) is 8.25. The molecule has 0 aliphatic rings. The van der Waals surface area contributed by atoms with Crippen molar-refractivity contribution in [3.63, 3.8) is 0 Å². The zero-order valence-electron chi connectivity index (χ0n) is 20.2. The largest absolute Gasteiger partial charge is 0.469 e. The summed E-state index contributed by atoms with van der Waals surface area (Å²) in [5.41, 5.74) is 10.2. The van der Waals surface area contributed by atoms with Crippen molar-refractivity contribution in [2.45, 2.75) is 23.6 Å². The van der Waals surface area contributed by atoms with Gasteiger partial charge >= 0.3 is 7.82 Å². The summed E-state index contributed by atoms with van der Waals surface area (Å²) in [5.74, 6) is 0.486. The molecule has 9 nitrogen and oxygen atoms in total. The molecule has 0 spiro atoms. The van der Waals surface area contributed by atoms with Crippen LogP contribution >= 0.6 is 42.5 Å². The summed E-state index contributed by atoms with van der Waals surface area (Å²) >= 11 is 8.80. The zero-order chi connectivity index (χ0) is 28.0. The number of hydrogen-bond acceptors (Lipinski definition) is 9. The Morgan fingerprint density at radius 2 is 1.69 bits per heavy atom. The molecule has 0 atom stereocenters. The molecule has 0 saturated heterocycles. The number of thioether (sulfide) groups is 1. The zero-order valence-corrected chi connectivity index (χ0v) is 23.5.